The van der Waals surface area contributed by atoms with E-state index in [0.717, 1.165) is 17.7 Å². The molecule has 4 heteroatoms. The molecule has 0 fully saturated rings. The van der Waals surface area contributed by atoms with Gasteiger partial charge in [0.1, 0.15) is 0 Å². The number of amides is 1. The number of carbonyl (C=O) groups excluding carboxylic acids is 1. The Morgan fingerprint density at radius 2 is 2.05 bits per heavy atom. The first-order valence-electron chi connectivity index (χ1n) is 7.59. The third-order valence-corrected chi connectivity index (χ3v) is 3.73. The molecule has 1 atom stereocenters. The van der Waals surface area contributed by atoms with E-state index in [0.29, 0.717) is 13.1 Å². The maximum absolute atomic E-state index is 12.1. The fourth-order valence-electron chi connectivity index (χ4n) is 2.43. The van der Waals surface area contributed by atoms with E-state index in [-0.39, 0.29) is 17.9 Å². The van der Waals surface area contributed by atoms with Crippen molar-refractivity contribution < 1.29 is 9.63 Å². The molecule has 21 heavy (non-hydrogen) atoms. The predicted molar refractivity (Wildman–Crippen MR) is 84.3 cm³/mol. The van der Waals surface area contributed by atoms with Crippen molar-refractivity contribution in [2.45, 2.75) is 40.2 Å². The zero-order chi connectivity index (χ0) is 15.4. The maximum atomic E-state index is 12.1. The topological polar surface area (TPSA) is 41.9 Å². The molecule has 1 aromatic carbocycles. The highest BCUT2D eigenvalue weighted by atomic mass is 16.6. The van der Waals surface area contributed by atoms with Crippen molar-refractivity contribution in [2.24, 2.45) is 11.1 Å². The summed E-state index contributed by atoms with van der Waals surface area (Å²) in [5, 5.41) is 4.19. The van der Waals surface area contributed by atoms with Gasteiger partial charge < -0.3 is 9.74 Å². The molecule has 1 aliphatic heterocycles. The molecule has 0 bridgehead atoms. The fraction of sp³-hybridized carbons (Fsp3) is 0.529. The lowest BCUT2D eigenvalue weighted by atomic mass is 10.0. The number of benzene rings is 1. The smallest absolute Gasteiger partial charge is 0.225 e. The van der Waals surface area contributed by atoms with Gasteiger partial charge in [-0.2, -0.15) is 0 Å². The summed E-state index contributed by atoms with van der Waals surface area (Å²) >= 11 is 0. The van der Waals surface area contributed by atoms with Crippen LogP contribution in [0.2, 0.25) is 0 Å². The quantitative estimate of drug-likeness (QED) is 0.836. The van der Waals surface area contributed by atoms with Crippen LogP contribution in [-0.4, -0.2) is 35.7 Å². The second-order valence-corrected chi connectivity index (χ2v) is 5.87. The average molecular weight is 288 g/mol. The molecule has 114 valence electrons. The monoisotopic (exact) mass is 288 g/mol. The molecule has 1 heterocycles. The Morgan fingerprint density at radius 3 is 2.62 bits per heavy atom. The summed E-state index contributed by atoms with van der Waals surface area (Å²) in [4.78, 5) is 19.4. The minimum atomic E-state index is -0.0380. The molecule has 0 unspecified atom stereocenters. The molecule has 0 spiro atoms. The molecule has 0 saturated heterocycles. The van der Waals surface area contributed by atoms with E-state index in [4.69, 9.17) is 4.84 Å². The Labute approximate surface area is 126 Å². The van der Waals surface area contributed by atoms with Gasteiger partial charge in [-0.25, -0.2) is 0 Å². The lowest BCUT2D eigenvalue weighted by Crippen LogP contribution is -2.39. The van der Waals surface area contributed by atoms with Crippen LogP contribution in [0.5, 0.6) is 0 Å². The third-order valence-electron chi connectivity index (χ3n) is 3.73. The van der Waals surface area contributed by atoms with Crippen LogP contribution >= 0.6 is 0 Å². The van der Waals surface area contributed by atoms with Gasteiger partial charge in [0.15, 0.2) is 6.10 Å². The molecule has 0 saturated carbocycles. The number of carbonyl (C=O) groups is 1. The highest BCUT2D eigenvalue weighted by molar-refractivity contribution is 6.01. The molecular formula is C17H24N2O2. The van der Waals surface area contributed by atoms with E-state index in [2.05, 4.69) is 36.3 Å². The summed E-state index contributed by atoms with van der Waals surface area (Å²) in [6.07, 6.45) is 0.717. The molecule has 0 aromatic heterocycles. The summed E-state index contributed by atoms with van der Waals surface area (Å²) in [6, 6.07) is 8.28. The van der Waals surface area contributed by atoms with Crippen molar-refractivity contribution in [3.63, 3.8) is 0 Å². The number of aryl methyl sites for hydroxylation is 1. The summed E-state index contributed by atoms with van der Waals surface area (Å²) < 4.78 is 0. The largest absolute Gasteiger partial charge is 0.390 e. The van der Waals surface area contributed by atoms with Gasteiger partial charge in [-0.05, 0) is 19.4 Å². The number of oxime groups is 1. The van der Waals surface area contributed by atoms with Gasteiger partial charge in [0.05, 0.1) is 12.3 Å². The molecule has 0 radical (unpaired) electrons. The van der Waals surface area contributed by atoms with E-state index in [1.54, 1.807) is 0 Å². The molecule has 0 N–H and O–H groups in total. The summed E-state index contributed by atoms with van der Waals surface area (Å²) in [7, 11) is 0. The van der Waals surface area contributed by atoms with Crippen LogP contribution in [0.15, 0.2) is 29.4 Å². The van der Waals surface area contributed by atoms with Gasteiger partial charge in [-0.3, -0.25) is 4.79 Å². The van der Waals surface area contributed by atoms with Crippen LogP contribution in [0.25, 0.3) is 0 Å². The van der Waals surface area contributed by atoms with Crippen LogP contribution in [0.1, 0.15) is 38.3 Å². The number of nitrogens with zero attached hydrogens (tertiary/aromatic N) is 2. The van der Waals surface area contributed by atoms with Gasteiger partial charge in [-0.15, -0.1) is 0 Å². The Hall–Kier alpha value is -1.84. The van der Waals surface area contributed by atoms with E-state index < -0.39 is 0 Å². The predicted octanol–water partition coefficient (Wildman–Crippen LogP) is 2.99. The van der Waals surface area contributed by atoms with Crippen molar-refractivity contribution in [3.05, 3.63) is 35.4 Å². The van der Waals surface area contributed by atoms with Gasteiger partial charge in [0, 0.05) is 18.9 Å². The number of likely N-dealkylation sites (N-methyl/N-ethyl adjacent to an activating group) is 1. The fourth-order valence-corrected chi connectivity index (χ4v) is 2.43. The lowest BCUT2D eigenvalue weighted by Gasteiger charge is -2.24. The second kappa shape index (κ2) is 6.74. The lowest BCUT2D eigenvalue weighted by molar-refractivity contribution is -0.136. The highest BCUT2D eigenvalue weighted by Crippen LogP contribution is 2.18. The molecule has 0 aliphatic carbocycles. The van der Waals surface area contributed by atoms with Crippen LogP contribution in [0, 0.1) is 12.8 Å². The summed E-state index contributed by atoms with van der Waals surface area (Å²) in [5.41, 5.74) is 3.30. The number of rotatable bonds is 5. The molecule has 1 aliphatic rings. The number of hydrogen-bond acceptors (Lipinski definition) is 3. The van der Waals surface area contributed by atoms with E-state index in [1.807, 2.05) is 25.7 Å². The van der Waals surface area contributed by atoms with Crippen LogP contribution in [0.3, 0.4) is 0 Å². The van der Waals surface area contributed by atoms with Gasteiger partial charge >= 0.3 is 0 Å². The first-order valence-corrected chi connectivity index (χ1v) is 7.59. The molecule has 4 nitrogen and oxygen atoms in total. The third kappa shape index (κ3) is 3.84. The average Bonchev–Trinajstić information content (AvgIpc) is 2.93. The minimum Gasteiger partial charge on any atom is -0.390 e. The van der Waals surface area contributed by atoms with Crippen molar-refractivity contribution in [3.8, 4) is 0 Å². The zero-order valence-electron chi connectivity index (χ0n) is 13.3. The van der Waals surface area contributed by atoms with E-state index in [1.165, 1.54) is 5.56 Å². The molecule has 1 amide bonds. The standard InChI is InChI=1S/C17H24N2O2/c1-5-19(17(20)12(2)3)11-15-10-16(18-21-15)14-8-6-13(4)7-9-14/h6-9,12,15H,5,10-11H2,1-4H3/t15-/m0/s1. The van der Waals surface area contributed by atoms with Crippen LogP contribution in [-0.2, 0) is 9.63 Å². The SMILES string of the molecule is CCN(C[C@@H]1CC(c2ccc(C)cc2)=NO1)C(=O)C(C)C. The first-order chi connectivity index (χ1) is 10.0. The Bertz CT molecular complexity index is 520. The summed E-state index contributed by atoms with van der Waals surface area (Å²) in [6.45, 7) is 9.22. The first kappa shape index (κ1) is 15.5. The van der Waals surface area contributed by atoms with Gasteiger partial charge in [0.25, 0.3) is 0 Å². The molecule has 2 rings (SSSR count). The van der Waals surface area contributed by atoms with Crippen molar-refractivity contribution in [1.82, 2.24) is 4.90 Å². The van der Waals surface area contributed by atoms with Crippen molar-refractivity contribution in [1.29, 1.82) is 0 Å². The number of hydrogen-bond donors (Lipinski definition) is 0. The minimum absolute atomic E-state index is 0.0174. The van der Waals surface area contributed by atoms with Crippen molar-refractivity contribution >= 4 is 11.6 Å². The Balaban J connectivity index is 1.95. The highest BCUT2D eigenvalue weighted by Gasteiger charge is 2.26. The Morgan fingerprint density at radius 1 is 1.38 bits per heavy atom. The molecule has 1 aromatic rings. The zero-order valence-corrected chi connectivity index (χ0v) is 13.3. The molecular weight excluding hydrogens is 264 g/mol. The second-order valence-electron chi connectivity index (χ2n) is 5.87. The van der Waals surface area contributed by atoms with Crippen LogP contribution < -0.4 is 0 Å². The summed E-state index contributed by atoms with van der Waals surface area (Å²) in [5.74, 6) is 0.189. The van der Waals surface area contributed by atoms with E-state index in [9.17, 15) is 4.79 Å². The van der Waals surface area contributed by atoms with E-state index >= 15 is 0 Å². The van der Waals surface area contributed by atoms with Crippen molar-refractivity contribution in [2.75, 3.05) is 13.1 Å². The van der Waals surface area contributed by atoms with Crippen LogP contribution in [0.4, 0.5) is 0 Å². The van der Waals surface area contributed by atoms with Gasteiger partial charge in [0.2, 0.25) is 5.91 Å². The van der Waals surface area contributed by atoms with Gasteiger partial charge in [-0.1, -0.05) is 48.8 Å². The maximum Gasteiger partial charge on any atom is 0.225 e. The Kier molecular flexibility index (Phi) is 4.99. The normalized spacial score (nSPS) is 17.6.